The summed E-state index contributed by atoms with van der Waals surface area (Å²) >= 11 is 0. The number of ether oxygens (including phenoxy) is 2. The Morgan fingerprint density at radius 3 is 3.00 bits per heavy atom. The van der Waals surface area contributed by atoms with Crippen LogP contribution in [0, 0.1) is 11.3 Å². The third-order valence-corrected chi connectivity index (χ3v) is 3.94. The molecule has 0 radical (unpaired) electrons. The molecule has 0 N–H and O–H groups in total. The standard InChI is InChI=1S/C17H24N2O2/c1-3-10-19(11-5-4-9-18)14-12-15-16(20-2)7-6-8-17(15)21-13-14/h6-8,14H,3-5,10-13H2,1-2H3/t14-/m0/s1. The molecule has 0 saturated heterocycles. The summed E-state index contributed by atoms with van der Waals surface area (Å²) in [6.07, 6.45) is 3.60. The van der Waals surface area contributed by atoms with Crippen LogP contribution in [-0.4, -0.2) is 37.7 Å². The minimum atomic E-state index is 0.368. The first kappa shape index (κ1) is 15.7. The Bertz CT molecular complexity index is 482. The highest BCUT2D eigenvalue weighted by molar-refractivity contribution is 5.46. The summed E-state index contributed by atoms with van der Waals surface area (Å²) < 4.78 is 11.4. The molecule has 0 fully saturated rings. The maximum Gasteiger partial charge on any atom is 0.126 e. The normalized spacial score (nSPS) is 17.0. The molecule has 1 aliphatic rings. The van der Waals surface area contributed by atoms with Gasteiger partial charge in [0.05, 0.1) is 13.2 Å². The lowest BCUT2D eigenvalue weighted by Gasteiger charge is -2.35. The average Bonchev–Trinajstić information content (AvgIpc) is 2.53. The lowest BCUT2D eigenvalue weighted by atomic mass is 10.00. The molecule has 4 heteroatoms. The molecule has 1 aliphatic heterocycles. The molecule has 1 atom stereocenters. The molecule has 1 aromatic carbocycles. The van der Waals surface area contributed by atoms with Crippen molar-refractivity contribution >= 4 is 0 Å². The molecule has 114 valence electrons. The van der Waals surface area contributed by atoms with E-state index in [9.17, 15) is 0 Å². The van der Waals surface area contributed by atoms with Crippen LogP contribution in [0.3, 0.4) is 0 Å². The number of fused-ring (bicyclic) bond motifs is 1. The molecule has 21 heavy (non-hydrogen) atoms. The van der Waals surface area contributed by atoms with E-state index < -0.39 is 0 Å². The first-order chi connectivity index (χ1) is 10.3. The van der Waals surface area contributed by atoms with E-state index in [1.807, 2.05) is 18.2 Å². The Kier molecular flexibility index (Phi) is 5.89. The maximum absolute atomic E-state index is 8.71. The van der Waals surface area contributed by atoms with Crippen molar-refractivity contribution in [3.63, 3.8) is 0 Å². The monoisotopic (exact) mass is 288 g/mol. The number of hydrogen-bond donors (Lipinski definition) is 0. The van der Waals surface area contributed by atoms with Gasteiger partial charge in [-0.05, 0) is 44.5 Å². The fourth-order valence-electron chi connectivity index (χ4n) is 2.91. The SMILES string of the molecule is CCCN(CCCC#N)[C@@H]1COc2cccc(OC)c2C1. The molecule has 4 nitrogen and oxygen atoms in total. The van der Waals surface area contributed by atoms with E-state index in [-0.39, 0.29) is 0 Å². The van der Waals surface area contributed by atoms with Crippen LogP contribution in [0.5, 0.6) is 11.5 Å². The summed E-state index contributed by atoms with van der Waals surface area (Å²) in [6, 6.07) is 8.56. The summed E-state index contributed by atoms with van der Waals surface area (Å²) in [5.41, 5.74) is 1.16. The van der Waals surface area contributed by atoms with Crippen molar-refractivity contribution < 1.29 is 9.47 Å². The number of methoxy groups -OCH3 is 1. The van der Waals surface area contributed by atoms with E-state index in [1.165, 1.54) is 0 Å². The van der Waals surface area contributed by atoms with Gasteiger partial charge in [0, 0.05) is 18.0 Å². The summed E-state index contributed by atoms with van der Waals surface area (Å²) in [5.74, 6) is 1.85. The molecular formula is C17H24N2O2. The van der Waals surface area contributed by atoms with E-state index >= 15 is 0 Å². The minimum Gasteiger partial charge on any atom is -0.496 e. The Labute approximate surface area is 127 Å². The van der Waals surface area contributed by atoms with Crippen LogP contribution >= 0.6 is 0 Å². The van der Waals surface area contributed by atoms with Crippen LogP contribution in [-0.2, 0) is 6.42 Å². The predicted octanol–water partition coefficient (Wildman–Crippen LogP) is 3.01. The zero-order valence-electron chi connectivity index (χ0n) is 13.0. The second kappa shape index (κ2) is 7.90. The zero-order valence-corrected chi connectivity index (χ0v) is 13.0. The van der Waals surface area contributed by atoms with Crippen molar-refractivity contribution in [2.75, 3.05) is 26.8 Å². The largest absolute Gasteiger partial charge is 0.496 e. The van der Waals surface area contributed by atoms with Gasteiger partial charge < -0.3 is 9.47 Å². The van der Waals surface area contributed by atoms with Gasteiger partial charge in [0.25, 0.3) is 0 Å². The van der Waals surface area contributed by atoms with Crippen LogP contribution in [0.2, 0.25) is 0 Å². The summed E-state index contributed by atoms with van der Waals surface area (Å²) in [7, 11) is 1.70. The highest BCUT2D eigenvalue weighted by Crippen LogP contribution is 2.33. The minimum absolute atomic E-state index is 0.368. The Morgan fingerprint density at radius 2 is 2.29 bits per heavy atom. The van der Waals surface area contributed by atoms with Crippen LogP contribution in [0.25, 0.3) is 0 Å². The summed E-state index contributed by atoms with van der Waals surface area (Å²) in [6.45, 7) is 4.91. The molecule has 1 heterocycles. The van der Waals surface area contributed by atoms with Crippen LogP contribution < -0.4 is 9.47 Å². The molecule has 0 spiro atoms. The molecule has 1 aromatic rings. The van der Waals surface area contributed by atoms with Gasteiger partial charge in [0.15, 0.2) is 0 Å². The van der Waals surface area contributed by atoms with E-state index in [0.717, 1.165) is 49.4 Å². The van der Waals surface area contributed by atoms with Gasteiger partial charge in [-0.25, -0.2) is 0 Å². The van der Waals surface area contributed by atoms with Gasteiger partial charge in [-0.3, -0.25) is 4.90 Å². The molecule has 0 amide bonds. The topological polar surface area (TPSA) is 45.5 Å². The van der Waals surface area contributed by atoms with Gasteiger partial charge in [-0.15, -0.1) is 0 Å². The average molecular weight is 288 g/mol. The first-order valence-electron chi connectivity index (χ1n) is 7.69. The molecule has 0 saturated carbocycles. The number of nitriles is 1. The second-order valence-electron chi connectivity index (χ2n) is 5.40. The first-order valence-corrected chi connectivity index (χ1v) is 7.69. The second-order valence-corrected chi connectivity index (χ2v) is 5.40. The number of unbranched alkanes of at least 4 members (excludes halogenated alkanes) is 1. The predicted molar refractivity (Wildman–Crippen MR) is 82.7 cm³/mol. The van der Waals surface area contributed by atoms with Crippen molar-refractivity contribution in [1.29, 1.82) is 5.26 Å². The van der Waals surface area contributed by atoms with Crippen molar-refractivity contribution in [1.82, 2.24) is 4.90 Å². The van der Waals surface area contributed by atoms with Gasteiger partial charge in [-0.1, -0.05) is 13.0 Å². The van der Waals surface area contributed by atoms with Crippen molar-refractivity contribution in [3.8, 4) is 17.6 Å². The van der Waals surface area contributed by atoms with Crippen molar-refractivity contribution in [2.24, 2.45) is 0 Å². The quantitative estimate of drug-likeness (QED) is 0.724. The fraction of sp³-hybridized carbons (Fsp3) is 0.588. The summed E-state index contributed by atoms with van der Waals surface area (Å²) in [5, 5.41) is 8.71. The maximum atomic E-state index is 8.71. The molecule has 0 unspecified atom stereocenters. The third kappa shape index (κ3) is 3.89. The van der Waals surface area contributed by atoms with Crippen molar-refractivity contribution in [2.45, 2.75) is 38.6 Å². The third-order valence-electron chi connectivity index (χ3n) is 3.94. The van der Waals surface area contributed by atoms with E-state index in [1.54, 1.807) is 7.11 Å². The number of nitrogens with zero attached hydrogens (tertiary/aromatic N) is 2. The highest BCUT2D eigenvalue weighted by atomic mass is 16.5. The Morgan fingerprint density at radius 1 is 1.43 bits per heavy atom. The van der Waals surface area contributed by atoms with Crippen LogP contribution in [0.15, 0.2) is 18.2 Å². The molecule has 0 aliphatic carbocycles. The number of rotatable bonds is 7. The number of benzene rings is 1. The van der Waals surface area contributed by atoms with E-state index in [0.29, 0.717) is 19.1 Å². The van der Waals surface area contributed by atoms with E-state index in [4.69, 9.17) is 14.7 Å². The van der Waals surface area contributed by atoms with Crippen LogP contribution in [0.4, 0.5) is 0 Å². The highest BCUT2D eigenvalue weighted by Gasteiger charge is 2.26. The molecular weight excluding hydrogens is 264 g/mol. The smallest absolute Gasteiger partial charge is 0.126 e. The molecule has 0 aromatic heterocycles. The lowest BCUT2D eigenvalue weighted by Crippen LogP contribution is -2.44. The molecule has 2 rings (SSSR count). The Balaban J connectivity index is 2.08. The van der Waals surface area contributed by atoms with Gasteiger partial charge in [0.2, 0.25) is 0 Å². The summed E-state index contributed by atoms with van der Waals surface area (Å²) in [4.78, 5) is 2.45. The van der Waals surface area contributed by atoms with Gasteiger partial charge in [-0.2, -0.15) is 5.26 Å². The Hall–Kier alpha value is -1.73. The van der Waals surface area contributed by atoms with E-state index in [2.05, 4.69) is 17.9 Å². The lowest BCUT2D eigenvalue weighted by molar-refractivity contribution is 0.117. The van der Waals surface area contributed by atoms with Gasteiger partial charge in [0.1, 0.15) is 18.1 Å². The zero-order chi connectivity index (χ0) is 15.1. The number of hydrogen-bond acceptors (Lipinski definition) is 4. The molecule has 0 bridgehead atoms. The van der Waals surface area contributed by atoms with Crippen molar-refractivity contribution in [3.05, 3.63) is 23.8 Å². The van der Waals surface area contributed by atoms with Crippen LogP contribution in [0.1, 0.15) is 31.7 Å². The fourth-order valence-corrected chi connectivity index (χ4v) is 2.91. The van der Waals surface area contributed by atoms with Gasteiger partial charge >= 0.3 is 0 Å².